The van der Waals surface area contributed by atoms with Gasteiger partial charge in [-0.3, -0.25) is 14.4 Å². The molecule has 0 aliphatic rings. The third-order valence-corrected chi connectivity index (χ3v) is 6.06. The highest BCUT2D eigenvalue weighted by Crippen LogP contribution is 2.31. The van der Waals surface area contributed by atoms with Crippen molar-refractivity contribution in [2.45, 2.75) is 0 Å². The lowest BCUT2D eigenvalue weighted by Gasteiger charge is -2.14. The molecule has 4 aromatic rings. The Morgan fingerprint density at radius 3 is 0.604 bits per heavy atom. The van der Waals surface area contributed by atoms with E-state index in [0.717, 1.165) is 0 Å². The van der Waals surface area contributed by atoms with E-state index in [1.165, 1.54) is 16.0 Å². The van der Waals surface area contributed by atoms with Gasteiger partial charge in [-0.2, -0.15) is 0 Å². The standard InChI is InChI=1S/C27H6F15N3O3/c28-7-10(31)16(37)22(17(38)11(7)32)43-25(46)4-1-5(26(47)44-23-18(39)12(33)8(29)13(34)19(23)40)3-6(2-4)27(48)45-24-20(41)14(35)9(30)15(36)21(24)42/h1-3H,(H,43,46)(H,44,47)(H,45,48). The minimum absolute atomic E-state index is 0.234. The largest absolute Gasteiger partial charge is 0.317 e. The number of carbonyl (C=O) groups is 3. The highest BCUT2D eigenvalue weighted by atomic mass is 19.2. The fourth-order valence-corrected chi connectivity index (χ4v) is 3.72. The van der Waals surface area contributed by atoms with Gasteiger partial charge in [0.15, 0.2) is 69.8 Å². The quantitative estimate of drug-likeness (QED) is 0.110. The second kappa shape index (κ2) is 12.8. The minimum Gasteiger partial charge on any atom is -0.317 e. The molecule has 6 nitrogen and oxygen atoms in total. The van der Waals surface area contributed by atoms with Crippen LogP contribution in [0, 0.1) is 87.3 Å². The molecule has 0 fully saturated rings. The van der Waals surface area contributed by atoms with Crippen LogP contribution in [0.5, 0.6) is 0 Å². The molecule has 3 amide bonds. The lowest BCUT2D eigenvalue weighted by atomic mass is 10.0. The maximum Gasteiger partial charge on any atom is 0.255 e. The first-order valence-corrected chi connectivity index (χ1v) is 11.9. The summed E-state index contributed by atoms with van der Waals surface area (Å²) < 4.78 is 207. The second-order valence-electron chi connectivity index (χ2n) is 9.00. The molecule has 0 aliphatic heterocycles. The Morgan fingerprint density at radius 2 is 0.438 bits per heavy atom. The van der Waals surface area contributed by atoms with E-state index < -0.39 is 139 Å². The summed E-state index contributed by atoms with van der Waals surface area (Å²) in [5.74, 6) is -45.0. The predicted molar refractivity (Wildman–Crippen MR) is 129 cm³/mol. The summed E-state index contributed by atoms with van der Waals surface area (Å²) in [7, 11) is 0. The summed E-state index contributed by atoms with van der Waals surface area (Å²) >= 11 is 0. The molecule has 4 rings (SSSR count). The molecule has 0 bridgehead atoms. The van der Waals surface area contributed by atoms with E-state index in [0.29, 0.717) is 0 Å². The lowest BCUT2D eigenvalue weighted by Crippen LogP contribution is -2.22. The Bertz CT molecular complexity index is 1760. The SMILES string of the molecule is O=C(Nc1c(F)c(F)c(F)c(F)c1F)c1cc(C(=O)Nc2c(F)c(F)c(F)c(F)c2F)cc(C(=O)Nc2c(F)c(F)c(F)c(F)c2F)c1. The van der Waals surface area contributed by atoms with Crippen molar-refractivity contribution in [3.63, 3.8) is 0 Å². The number of benzene rings is 4. The van der Waals surface area contributed by atoms with Crippen LogP contribution in [0.25, 0.3) is 0 Å². The monoisotopic (exact) mass is 705 g/mol. The summed E-state index contributed by atoms with van der Waals surface area (Å²) in [5.41, 5.74) is -9.77. The van der Waals surface area contributed by atoms with Gasteiger partial charge in [-0.1, -0.05) is 0 Å². The predicted octanol–water partition coefficient (Wildman–Crippen LogP) is 7.53. The van der Waals surface area contributed by atoms with E-state index in [-0.39, 0.29) is 18.2 Å². The first-order chi connectivity index (χ1) is 22.3. The number of halogens is 15. The highest BCUT2D eigenvalue weighted by Gasteiger charge is 2.31. The number of hydrogen-bond acceptors (Lipinski definition) is 3. The Hall–Kier alpha value is -5.76. The number of anilines is 3. The topological polar surface area (TPSA) is 87.3 Å². The maximum atomic E-state index is 14.1. The van der Waals surface area contributed by atoms with Crippen molar-refractivity contribution in [3.8, 4) is 0 Å². The van der Waals surface area contributed by atoms with E-state index in [1.54, 1.807) is 0 Å². The van der Waals surface area contributed by atoms with Crippen molar-refractivity contribution in [2.75, 3.05) is 16.0 Å². The first-order valence-electron chi connectivity index (χ1n) is 11.9. The molecule has 3 N–H and O–H groups in total. The summed E-state index contributed by atoms with van der Waals surface area (Å²) in [6.07, 6.45) is 0. The summed E-state index contributed by atoms with van der Waals surface area (Å²) in [4.78, 5) is 38.4. The molecule has 4 aromatic carbocycles. The number of rotatable bonds is 6. The number of hydrogen-bond donors (Lipinski definition) is 3. The van der Waals surface area contributed by atoms with Gasteiger partial charge in [0.05, 0.1) is 0 Å². The summed E-state index contributed by atoms with van der Waals surface area (Å²) in [6.45, 7) is 0. The molecule has 21 heteroatoms. The summed E-state index contributed by atoms with van der Waals surface area (Å²) in [6, 6.07) is 0.702. The van der Waals surface area contributed by atoms with Gasteiger partial charge < -0.3 is 16.0 Å². The number of nitrogens with one attached hydrogen (secondary N) is 3. The van der Waals surface area contributed by atoms with E-state index in [1.807, 2.05) is 0 Å². The summed E-state index contributed by atoms with van der Waals surface area (Å²) in [5, 5.41) is 3.58. The molecule has 0 saturated carbocycles. The van der Waals surface area contributed by atoms with Crippen LogP contribution in [0.2, 0.25) is 0 Å². The van der Waals surface area contributed by atoms with Crippen LogP contribution in [0.4, 0.5) is 82.9 Å². The Morgan fingerprint density at radius 1 is 0.292 bits per heavy atom. The van der Waals surface area contributed by atoms with E-state index in [4.69, 9.17) is 0 Å². The van der Waals surface area contributed by atoms with Gasteiger partial charge >= 0.3 is 0 Å². The van der Waals surface area contributed by atoms with Crippen molar-refractivity contribution in [3.05, 3.63) is 122 Å². The fraction of sp³-hybridized carbons (Fsp3) is 0. The molecule has 0 saturated heterocycles. The van der Waals surface area contributed by atoms with E-state index in [2.05, 4.69) is 0 Å². The van der Waals surface area contributed by atoms with Gasteiger partial charge in [0, 0.05) is 16.7 Å². The van der Waals surface area contributed by atoms with E-state index in [9.17, 15) is 80.2 Å². The molecule has 0 radical (unpaired) electrons. The fourth-order valence-electron chi connectivity index (χ4n) is 3.72. The molecule has 0 unspecified atom stereocenters. The third kappa shape index (κ3) is 5.93. The van der Waals surface area contributed by atoms with Crippen LogP contribution in [0.1, 0.15) is 31.1 Å². The molecule has 252 valence electrons. The van der Waals surface area contributed by atoms with Crippen molar-refractivity contribution in [1.82, 2.24) is 0 Å². The third-order valence-electron chi connectivity index (χ3n) is 6.06. The number of carbonyl (C=O) groups excluding carboxylic acids is 3. The van der Waals surface area contributed by atoms with Gasteiger partial charge in [0.25, 0.3) is 17.7 Å². The number of amides is 3. The van der Waals surface area contributed by atoms with Crippen molar-refractivity contribution < 1.29 is 80.2 Å². The molecular formula is C27H6F15N3O3. The normalized spacial score (nSPS) is 11.1. The van der Waals surface area contributed by atoms with Crippen LogP contribution in [-0.2, 0) is 0 Å². The van der Waals surface area contributed by atoms with E-state index >= 15 is 0 Å². The molecule has 0 spiro atoms. The molecule has 0 atom stereocenters. The van der Waals surface area contributed by atoms with Gasteiger partial charge in [-0.15, -0.1) is 0 Å². The van der Waals surface area contributed by atoms with Crippen molar-refractivity contribution >= 4 is 34.8 Å². The molecule has 0 aliphatic carbocycles. The lowest BCUT2D eigenvalue weighted by molar-refractivity contribution is 0.102. The smallest absolute Gasteiger partial charge is 0.255 e. The van der Waals surface area contributed by atoms with Gasteiger partial charge in [-0.05, 0) is 18.2 Å². The Kier molecular flexibility index (Phi) is 9.36. The zero-order valence-electron chi connectivity index (χ0n) is 22.1. The molecular weight excluding hydrogens is 699 g/mol. The van der Waals surface area contributed by atoms with Crippen LogP contribution in [-0.4, -0.2) is 17.7 Å². The molecule has 48 heavy (non-hydrogen) atoms. The Balaban J connectivity index is 1.84. The molecule has 0 aromatic heterocycles. The van der Waals surface area contributed by atoms with Gasteiger partial charge in [0.1, 0.15) is 17.1 Å². The van der Waals surface area contributed by atoms with Crippen LogP contribution >= 0.6 is 0 Å². The van der Waals surface area contributed by atoms with Crippen LogP contribution in [0.3, 0.4) is 0 Å². The zero-order valence-corrected chi connectivity index (χ0v) is 22.1. The Labute approximate surface area is 253 Å². The van der Waals surface area contributed by atoms with Crippen LogP contribution < -0.4 is 16.0 Å². The van der Waals surface area contributed by atoms with Crippen molar-refractivity contribution in [2.24, 2.45) is 0 Å². The highest BCUT2D eigenvalue weighted by molar-refractivity contribution is 6.13. The molecule has 0 heterocycles. The minimum atomic E-state index is -2.66. The second-order valence-corrected chi connectivity index (χ2v) is 9.00. The van der Waals surface area contributed by atoms with Crippen LogP contribution in [0.15, 0.2) is 18.2 Å². The van der Waals surface area contributed by atoms with Gasteiger partial charge in [0.2, 0.25) is 17.5 Å². The maximum absolute atomic E-state index is 14.1. The van der Waals surface area contributed by atoms with Gasteiger partial charge in [-0.25, -0.2) is 65.9 Å². The zero-order chi connectivity index (χ0) is 36.1. The van der Waals surface area contributed by atoms with Crippen molar-refractivity contribution in [1.29, 1.82) is 0 Å². The average Bonchev–Trinajstić information content (AvgIpc) is 3.07. The average molecular weight is 705 g/mol. The first kappa shape index (κ1) is 35.1.